The largest absolute Gasteiger partial charge is 0.353 e. The van der Waals surface area contributed by atoms with E-state index >= 15 is 0 Å². The van der Waals surface area contributed by atoms with Gasteiger partial charge in [0.25, 0.3) is 0 Å². The molecule has 2 atom stereocenters. The smallest absolute Gasteiger partial charge is 0.239 e. The Morgan fingerprint density at radius 1 is 0.727 bits per heavy atom. The molecular weight excluding hydrogens is 292 g/mol. The summed E-state index contributed by atoms with van der Waals surface area (Å²) in [4.78, 5) is 45.0. The minimum absolute atomic E-state index is 0.182. The molecule has 0 aromatic heterocycles. The highest BCUT2D eigenvalue weighted by Crippen LogP contribution is 1.75. The van der Waals surface area contributed by atoms with Gasteiger partial charge < -0.3 is 32.7 Å². The summed E-state index contributed by atoms with van der Waals surface area (Å²) >= 11 is 0. The van der Waals surface area contributed by atoms with Gasteiger partial charge in [-0.3, -0.25) is 19.2 Å². The van der Waals surface area contributed by atoms with Gasteiger partial charge in [-0.05, 0) is 13.8 Å². The number of nitrogens with two attached hydrogens (primary N) is 2. The topological polar surface area (TPSA) is 168 Å². The Labute approximate surface area is 128 Å². The van der Waals surface area contributed by atoms with E-state index in [1.165, 1.54) is 13.8 Å². The Morgan fingerprint density at radius 2 is 1.05 bits per heavy atom. The number of hydrogen-bond donors (Lipinski definition) is 6. The van der Waals surface area contributed by atoms with E-state index in [1.807, 2.05) is 0 Å². The van der Waals surface area contributed by atoms with E-state index in [1.54, 1.807) is 0 Å². The van der Waals surface area contributed by atoms with Gasteiger partial charge in [0.15, 0.2) is 0 Å². The fraction of sp³-hybridized carbons (Fsp3) is 0.667. The first-order chi connectivity index (χ1) is 10.2. The zero-order valence-electron chi connectivity index (χ0n) is 12.8. The highest BCUT2D eigenvalue weighted by molar-refractivity contribution is 5.87. The molecule has 4 amide bonds. The Hall–Kier alpha value is -2.20. The van der Waals surface area contributed by atoms with Gasteiger partial charge in [0.1, 0.15) is 0 Å². The number of hydrogen-bond acceptors (Lipinski definition) is 6. The van der Waals surface area contributed by atoms with Crippen molar-refractivity contribution in [3.05, 3.63) is 0 Å². The van der Waals surface area contributed by atoms with Crippen LogP contribution in [0, 0.1) is 0 Å². The van der Waals surface area contributed by atoms with Gasteiger partial charge in [0.2, 0.25) is 23.6 Å². The lowest BCUT2D eigenvalue weighted by atomic mass is 10.3. The fourth-order valence-electron chi connectivity index (χ4n) is 1.19. The van der Waals surface area contributed by atoms with Gasteiger partial charge in [-0.1, -0.05) is 0 Å². The van der Waals surface area contributed by atoms with Crippen LogP contribution >= 0.6 is 0 Å². The third-order valence-corrected chi connectivity index (χ3v) is 2.44. The predicted molar refractivity (Wildman–Crippen MR) is 79.3 cm³/mol. The van der Waals surface area contributed by atoms with Crippen LogP contribution in [0.1, 0.15) is 13.8 Å². The first-order valence-electron chi connectivity index (χ1n) is 6.84. The molecule has 0 aliphatic carbocycles. The van der Waals surface area contributed by atoms with E-state index in [2.05, 4.69) is 21.3 Å². The Kier molecular flexibility index (Phi) is 9.46. The van der Waals surface area contributed by atoms with Crippen molar-refractivity contribution in [1.82, 2.24) is 21.3 Å². The second kappa shape index (κ2) is 10.5. The van der Waals surface area contributed by atoms with Crippen LogP contribution < -0.4 is 32.7 Å². The molecule has 22 heavy (non-hydrogen) atoms. The first kappa shape index (κ1) is 19.8. The van der Waals surface area contributed by atoms with Crippen LogP contribution in [0.3, 0.4) is 0 Å². The fourth-order valence-corrected chi connectivity index (χ4v) is 1.19. The molecule has 0 bridgehead atoms. The zero-order valence-corrected chi connectivity index (χ0v) is 12.8. The molecule has 0 aliphatic rings. The molecule has 0 spiro atoms. The van der Waals surface area contributed by atoms with Gasteiger partial charge >= 0.3 is 0 Å². The summed E-state index contributed by atoms with van der Waals surface area (Å²) in [6.45, 7) is 3.04. The highest BCUT2D eigenvalue weighted by Gasteiger charge is 2.10. The number of nitrogens with one attached hydrogen (secondary N) is 4. The molecule has 0 rings (SSSR count). The maximum atomic E-state index is 11.4. The van der Waals surface area contributed by atoms with Crippen molar-refractivity contribution < 1.29 is 19.2 Å². The molecular formula is C12H24N6O4. The average Bonchev–Trinajstić information content (AvgIpc) is 2.46. The summed E-state index contributed by atoms with van der Waals surface area (Å²) in [5.41, 5.74) is 10.6. The summed E-state index contributed by atoms with van der Waals surface area (Å²) < 4.78 is 0. The standard InChI is InChI=1S/C12H24N6O4/c1-7(13)11(21)17-5-9(19)15-3-4-16-10(20)6-18-12(22)8(2)14/h7-8H,3-6,13-14H2,1-2H3,(H,15,19)(H,16,20)(H,17,21)(H,18,22)/t7-,8-/m0/s1. The lowest BCUT2D eigenvalue weighted by molar-refractivity contribution is -0.127. The van der Waals surface area contributed by atoms with Gasteiger partial charge in [0, 0.05) is 13.1 Å². The predicted octanol–water partition coefficient (Wildman–Crippen LogP) is -3.85. The van der Waals surface area contributed by atoms with Crippen molar-refractivity contribution in [3.63, 3.8) is 0 Å². The zero-order chi connectivity index (χ0) is 17.1. The minimum Gasteiger partial charge on any atom is -0.353 e. The third kappa shape index (κ3) is 9.66. The molecule has 0 heterocycles. The summed E-state index contributed by atoms with van der Waals surface area (Å²) in [7, 11) is 0. The highest BCUT2D eigenvalue weighted by atomic mass is 16.2. The monoisotopic (exact) mass is 316 g/mol. The van der Waals surface area contributed by atoms with Crippen LogP contribution in [0.2, 0.25) is 0 Å². The molecule has 0 aromatic carbocycles. The summed E-state index contributed by atoms with van der Waals surface area (Å²) in [6.07, 6.45) is 0. The maximum Gasteiger partial charge on any atom is 0.239 e. The summed E-state index contributed by atoms with van der Waals surface area (Å²) in [6, 6.07) is -1.36. The van der Waals surface area contributed by atoms with Crippen LogP contribution in [0.4, 0.5) is 0 Å². The minimum atomic E-state index is -0.682. The van der Waals surface area contributed by atoms with E-state index < -0.39 is 35.7 Å². The van der Waals surface area contributed by atoms with Crippen LogP contribution in [0.15, 0.2) is 0 Å². The number of amides is 4. The molecule has 0 radical (unpaired) electrons. The summed E-state index contributed by atoms with van der Waals surface area (Å²) in [5.74, 6) is -1.64. The molecule has 0 unspecified atom stereocenters. The molecule has 8 N–H and O–H groups in total. The molecule has 0 saturated heterocycles. The average molecular weight is 316 g/mol. The second-order valence-electron chi connectivity index (χ2n) is 4.71. The maximum absolute atomic E-state index is 11.4. The van der Waals surface area contributed by atoms with Crippen LogP contribution in [0.5, 0.6) is 0 Å². The van der Waals surface area contributed by atoms with Crippen molar-refractivity contribution in [2.24, 2.45) is 11.5 Å². The Morgan fingerprint density at radius 3 is 1.32 bits per heavy atom. The molecule has 0 aliphatic heterocycles. The van der Waals surface area contributed by atoms with Crippen LogP contribution in [0.25, 0.3) is 0 Å². The van der Waals surface area contributed by atoms with Gasteiger partial charge in [-0.25, -0.2) is 0 Å². The first-order valence-corrected chi connectivity index (χ1v) is 6.84. The van der Waals surface area contributed by atoms with Crippen molar-refractivity contribution >= 4 is 23.6 Å². The molecule has 10 heteroatoms. The van der Waals surface area contributed by atoms with Crippen molar-refractivity contribution in [3.8, 4) is 0 Å². The van der Waals surface area contributed by atoms with E-state index in [4.69, 9.17) is 11.5 Å². The molecule has 0 fully saturated rings. The Bertz CT molecular complexity index is 372. The van der Waals surface area contributed by atoms with E-state index in [-0.39, 0.29) is 26.2 Å². The lowest BCUT2D eigenvalue weighted by Crippen LogP contribution is -2.46. The van der Waals surface area contributed by atoms with E-state index in [9.17, 15) is 19.2 Å². The van der Waals surface area contributed by atoms with E-state index in [0.29, 0.717) is 0 Å². The van der Waals surface area contributed by atoms with Gasteiger partial charge in [-0.15, -0.1) is 0 Å². The number of carbonyl (C=O) groups excluding carboxylic acids is 4. The van der Waals surface area contributed by atoms with Crippen molar-refractivity contribution in [1.29, 1.82) is 0 Å². The lowest BCUT2D eigenvalue weighted by Gasteiger charge is -2.10. The van der Waals surface area contributed by atoms with E-state index in [0.717, 1.165) is 0 Å². The van der Waals surface area contributed by atoms with Gasteiger partial charge in [0.05, 0.1) is 25.2 Å². The number of carbonyl (C=O) groups is 4. The third-order valence-electron chi connectivity index (χ3n) is 2.44. The van der Waals surface area contributed by atoms with Crippen molar-refractivity contribution in [2.75, 3.05) is 26.2 Å². The summed E-state index contributed by atoms with van der Waals surface area (Å²) in [5, 5.41) is 9.70. The molecule has 0 saturated carbocycles. The van der Waals surface area contributed by atoms with Crippen molar-refractivity contribution in [2.45, 2.75) is 25.9 Å². The second-order valence-corrected chi connectivity index (χ2v) is 4.71. The number of rotatable bonds is 9. The van der Waals surface area contributed by atoms with Gasteiger partial charge in [-0.2, -0.15) is 0 Å². The normalized spacial score (nSPS) is 12.7. The van der Waals surface area contributed by atoms with Crippen LogP contribution in [-0.4, -0.2) is 61.9 Å². The molecule has 126 valence electrons. The quantitative estimate of drug-likeness (QED) is 0.238. The van der Waals surface area contributed by atoms with Crippen LogP contribution in [-0.2, 0) is 19.2 Å². The molecule has 10 nitrogen and oxygen atoms in total. The Balaban J connectivity index is 3.67. The SMILES string of the molecule is C[C@H](N)C(=O)NCC(=O)NCCNC(=O)CNC(=O)[C@H](C)N. The molecule has 0 aromatic rings.